The molecule has 0 aromatic heterocycles. The van der Waals surface area contributed by atoms with Crippen LogP contribution in [-0.2, 0) is 9.84 Å². The number of nitrogens with one attached hydrogen (secondary N) is 5. The summed E-state index contributed by atoms with van der Waals surface area (Å²) in [6.45, 7) is 4.87. The van der Waals surface area contributed by atoms with Crippen molar-refractivity contribution in [3.05, 3.63) is 46.3 Å². The number of hydrazine groups is 1. The molecule has 1 aliphatic carbocycles. The maximum atomic E-state index is 14.0. The highest BCUT2D eigenvalue weighted by atomic mass is 32.2. The van der Waals surface area contributed by atoms with E-state index < -0.39 is 46.0 Å². The van der Waals surface area contributed by atoms with Crippen LogP contribution >= 0.6 is 0 Å². The summed E-state index contributed by atoms with van der Waals surface area (Å²) in [7, 11) is -4.09. The van der Waals surface area contributed by atoms with E-state index >= 15 is 0 Å². The van der Waals surface area contributed by atoms with Crippen LogP contribution in [0.15, 0.2) is 51.3 Å². The number of allylic oxidation sites excluding steroid dienone is 3. The fourth-order valence-corrected chi connectivity index (χ4v) is 7.27. The van der Waals surface area contributed by atoms with Gasteiger partial charge in [-0.1, -0.05) is 12.7 Å². The Morgan fingerprint density at radius 3 is 2.60 bits per heavy atom. The van der Waals surface area contributed by atoms with Crippen LogP contribution in [0.5, 0.6) is 0 Å². The van der Waals surface area contributed by atoms with Gasteiger partial charge >= 0.3 is 12.6 Å². The van der Waals surface area contributed by atoms with E-state index in [0.29, 0.717) is 35.1 Å². The van der Waals surface area contributed by atoms with E-state index in [-0.39, 0.29) is 43.1 Å². The summed E-state index contributed by atoms with van der Waals surface area (Å²) in [5, 5.41) is 21.1. The largest absolute Gasteiger partial charge is 0.395 e. The number of sulfone groups is 1. The van der Waals surface area contributed by atoms with Crippen LogP contribution in [-0.4, -0.2) is 80.3 Å². The molecule has 224 valence electrons. The minimum absolute atomic E-state index is 0.0434. The van der Waals surface area contributed by atoms with Crippen LogP contribution < -0.4 is 26.7 Å². The third-order valence-electron chi connectivity index (χ3n) is 6.96. The summed E-state index contributed by atoms with van der Waals surface area (Å²) in [6, 6.07) is -1.40. The maximum absolute atomic E-state index is 14.0. The maximum Gasteiger partial charge on any atom is 0.327 e. The molecule has 15 heteroatoms. The zero-order valence-corrected chi connectivity index (χ0v) is 23.7. The Morgan fingerprint density at radius 1 is 1.35 bits per heavy atom. The molecule has 0 spiro atoms. The summed E-state index contributed by atoms with van der Waals surface area (Å²) in [6.07, 6.45) is 4.18. The van der Waals surface area contributed by atoms with E-state index in [0.717, 1.165) is 5.57 Å². The second kappa shape index (κ2) is 13.2. The number of aliphatic hydroxyl groups excluding tert-OH is 1. The van der Waals surface area contributed by atoms with Gasteiger partial charge in [0, 0.05) is 24.5 Å². The van der Waals surface area contributed by atoms with Crippen molar-refractivity contribution < 1.29 is 31.5 Å². The number of halogens is 3. The minimum Gasteiger partial charge on any atom is -0.395 e. The van der Waals surface area contributed by atoms with Crippen LogP contribution in [0.2, 0.25) is 0 Å². The Bertz CT molecular complexity index is 1210. The first kappa shape index (κ1) is 31.6. The highest BCUT2D eigenvalue weighted by molar-refractivity contribution is 7.97. The molecule has 40 heavy (non-hydrogen) atoms. The summed E-state index contributed by atoms with van der Waals surface area (Å²) in [5.74, 6) is 0.407. The lowest BCUT2D eigenvalue weighted by Crippen LogP contribution is -2.49. The van der Waals surface area contributed by atoms with E-state index in [2.05, 4.69) is 33.3 Å². The van der Waals surface area contributed by atoms with Crippen LogP contribution in [0, 0.1) is 0 Å². The third kappa shape index (κ3) is 6.70. The molecule has 2 amide bonds. The first-order chi connectivity index (χ1) is 18.9. The number of urea groups is 1. The molecule has 0 saturated heterocycles. The first-order valence-electron chi connectivity index (χ1n) is 13.1. The number of amides is 2. The molecule has 0 aromatic carbocycles. The van der Waals surface area contributed by atoms with Gasteiger partial charge in [-0.15, -0.1) is 0 Å². The molecule has 6 N–H and O–H groups in total. The number of rotatable bonds is 14. The number of carbonyl (C=O) groups excluding carboxylic acids is 1. The highest BCUT2D eigenvalue weighted by Crippen LogP contribution is 2.54. The number of aliphatic hydroxyl groups is 1. The molecule has 2 aliphatic heterocycles. The van der Waals surface area contributed by atoms with Gasteiger partial charge in [0.05, 0.1) is 29.4 Å². The van der Waals surface area contributed by atoms with Gasteiger partial charge in [0.25, 0.3) is 0 Å². The van der Waals surface area contributed by atoms with Gasteiger partial charge in [0.1, 0.15) is 17.3 Å². The van der Waals surface area contributed by atoms with Gasteiger partial charge in [-0.3, -0.25) is 10.3 Å². The fourth-order valence-electron chi connectivity index (χ4n) is 4.81. The monoisotopic (exact) mass is 589 g/mol. The van der Waals surface area contributed by atoms with E-state index in [1.165, 1.54) is 13.8 Å². The number of alkyl halides is 3. The van der Waals surface area contributed by atoms with Crippen molar-refractivity contribution in [2.24, 2.45) is 4.99 Å². The molecule has 0 aromatic rings. The Morgan fingerprint density at radius 2 is 2.05 bits per heavy atom. The molecule has 1 saturated carbocycles. The van der Waals surface area contributed by atoms with Gasteiger partial charge in [-0.05, 0) is 58.1 Å². The minimum atomic E-state index is -4.09. The van der Waals surface area contributed by atoms with E-state index in [4.69, 9.17) is 4.99 Å². The molecule has 0 radical (unpaired) electrons. The first-order valence-corrected chi connectivity index (χ1v) is 14.5. The second-order valence-corrected chi connectivity index (χ2v) is 12.0. The van der Waals surface area contributed by atoms with Gasteiger partial charge in [0.15, 0.2) is 9.84 Å². The zero-order valence-electron chi connectivity index (χ0n) is 22.9. The average molecular weight is 590 g/mol. The summed E-state index contributed by atoms with van der Waals surface area (Å²) < 4.78 is 65.9. The average Bonchev–Trinajstić information content (AvgIpc) is 3.66. The number of carbonyl (C=O) groups is 1. The normalized spacial score (nSPS) is 22.6. The van der Waals surface area contributed by atoms with Crippen molar-refractivity contribution in [3.63, 3.8) is 0 Å². The standard InChI is InChI=1S/C25H38F3N7O4S/c1-5-18(7-6-15(2)31-24(37)30-11-10-26)22-32-19(14-20(33-22)29-12-13-36)25(8-9-25)40(38,39)21-16(3)34-35(17(21)4)23(27)28/h5,14,16,20,23,29,34,36H,2,6-13H2,1,3-4H3,(H,32,33)(H2,30,31,37)/b18-5+/t16?,20-/m0/s1. The molecule has 2 atom stereocenters. The van der Waals surface area contributed by atoms with E-state index in [9.17, 15) is 31.5 Å². The smallest absolute Gasteiger partial charge is 0.327 e. The number of amidine groups is 1. The highest BCUT2D eigenvalue weighted by Gasteiger charge is 2.61. The molecular formula is C25H38F3N7O4S. The lowest BCUT2D eigenvalue weighted by atomic mass is 10.1. The Balaban J connectivity index is 1.88. The van der Waals surface area contributed by atoms with E-state index in [1.807, 2.05) is 0 Å². The number of nitrogens with zero attached hydrogens (tertiary/aromatic N) is 2. The third-order valence-corrected chi connectivity index (χ3v) is 9.83. The Labute approximate surface area is 232 Å². The van der Waals surface area contributed by atoms with Crippen molar-refractivity contribution in [2.45, 2.75) is 70.0 Å². The molecule has 3 aliphatic rings. The summed E-state index contributed by atoms with van der Waals surface area (Å²) >= 11 is 0. The van der Waals surface area contributed by atoms with Gasteiger partial charge in [-0.2, -0.15) is 8.78 Å². The van der Waals surface area contributed by atoms with Crippen molar-refractivity contribution in [3.8, 4) is 0 Å². The van der Waals surface area contributed by atoms with Gasteiger partial charge in [0.2, 0.25) is 0 Å². The number of hydrogen-bond donors (Lipinski definition) is 6. The summed E-state index contributed by atoms with van der Waals surface area (Å²) in [4.78, 5) is 16.4. The van der Waals surface area contributed by atoms with Crippen molar-refractivity contribution in [1.82, 2.24) is 31.7 Å². The van der Waals surface area contributed by atoms with Crippen LogP contribution in [0.1, 0.15) is 46.5 Å². The number of hydrogen-bond acceptors (Lipinski definition) is 9. The summed E-state index contributed by atoms with van der Waals surface area (Å²) in [5.41, 5.74) is 3.90. The lowest BCUT2D eigenvalue weighted by Gasteiger charge is -2.29. The van der Waals surface area contributed by atoms with Gasteiger partial charge < -0.3 is 21.1 Å². The molecule has 0 bridgehead atoms. The van der Waals surface area contributed by atoms with Crippen molar-refractivity contribution in [2.75, 3.05) is 26.4 Å². The molecule has 3 rings (SSSR count). The van der Waals surface area contributed by atoms with Crippen molar-refractivity contribution >= 4 is 21.7 Å². The Hall–Kier alpha value is -2.88. The topological polar surface area (TPSA) is 147 Å². The molecule has 11 nitrogen and oxygen atoms in total. The molecule has 1 fully saturated rings. The molecule has 2 heterocycles. The SMILES string of the molecule is C=C(CC/C(=C\C)C1=NC(C2(S(=O)(=O)C3=C(C)N(C(F)F)NC3C)CC2)=C[C@@H](NCCO)N1)NC(=O)NCCF. The van der Waals surface area contributed by atoms with Gasteiger partial charge in [-0.25, -0.2) is 28.0 Å². The Kier molecular flexibility index (Phi) is 10.4. The van der Waals surface area contributed by atoms with Crippen LogP contribution in [0.3, 0.4) is 0 Å². The predicted molar refractivity (Wildman–Crippen MR) is 146 cm³/mol. The fraction of sp³-hybridized carbons (Fsp3) is 0.600. The van der Waals surface area contributed by atoms with E-state index in [1.54, 1.807) is 19.1 Å². The quantitative estimate of drug-likeness (QED) is 0.169. The predicted octanol–water partition coefficient (Wildman–Crippen LogP) is 1.90. The molecular weight excluding hydrogens is 551 g/mol. The lowest BCUT2D eigenvalue weighted by molar-refractivity contribution is -0.0305. The molecule has 1 unspecified atom stereocenters. The zero-order chi connectivity index (χ0) is 29.7. The van der Waals surface area contributed by atoms with Crippen LogP contribution in [0.25, 0.3) is 0 Å². The number of aliphatic imine (C=N–C) groups is 1. The van der Waals surface area contributed by atoms with Crippen LogP contribution in [0.4, 0.5) is 18.0 Å². The van der Waals surface area contributed by atoms with Crippen molar-refractivity contribution in [1.29, 1.82) is 0 Å². The second-order valence-electron chi connectivity index (χ2n) is 9.75.